The zero-order valence-electron chi connectivity index (χ0n) is 18.6. The van der Waals surface area contributed by atoms with Crippen LogP contribution in [0.2, 0.25) is 0 Å². The molecule has 0 saturated carbocycles. The SMILES string of the molecule is O=C(c1cnc2c(Br)cnn2c1NCc1ccccc1)N1CCC2(CC1)COc1ccccc12. The molecule has 4 heterocycles. The number of carbonyl (C=O) groups is 1. The number of carbonyl (C=O) groups excluding carboxylic acids is 1. The van der Waals surface area contributed by atoms with E-state index < -0.39 is 0 Å². The topological polar surface area (TPSA) is 71.8 Å². The molecule has 4 aromatic rings. The molecule has 1 spiro atoms. The van der Waals surface area contributed by atoms with Crippen LogP contribution in [-0.2, 0) is 12.0 Å². The van der Waals surface area contributed by atoms with Crippen molar-refractivity contribution < 1.29 is 9.53 Å². The van der Waals surface area contributed by atoms with Crippen LogP contribution < -0.4 is 10.1 Å². The molecular weight excluding hydrogens is 494 g/mol. The average Bonchev–Trinajstić information content (AvgIpc) is 3.44. The number of benzene rings is 2. The van der Waals surface area contributed by atoms with E-state index in [0.717, 1.165) is 28.6 Å². The lowest BCUT2D eigenvalue weighted by Crippen LogP contribution is -2.46. The van der Waals surface area contributed by atoms with Gasteiger partial charge in [0.05, 0.1) is 17.3 Å². The van der Waals surface area contributed by atoms with Crippen molar-refractivity contribution in [2.75, 3.05) is 25.0 Å². The average molecular weight is 518 g/mol. The van der Waals surface area contributed by atoms with Gasteiger partial charge in [0.25, 0.3) is 5.91 Å². The molecule has 6 rings (SSSR count). The van der Waals surface area contributed by atoms with Gasteiger partial charge in [-0.1, -0.05) is 48.5 Å². The minimum absolute atomic E-state index is 0.00316. The molecule has 2 aromatic heterocycles. The Balaban J connectivity index is 1.27. The number of nitrogens with one attached hydrogen (secondary N) is 1. The highest BCUT2D eigenvalue weighted by Crippen LogP contribution is 2.45. The quantitative estimate of drug-likeness (QED) is 0.425. The van der Waals surface area contributed by atoms with Gasteiger partial charge in [0.2, 0.25) is 0 Å². The van der Waals surface area contributed by atoms with Crippen molar-refractivity contribution in [1.82, 2.24) is 19.5 Å². The highest BCUT2D eigenvalue weighted by Gasteiger charge is 2.43. The number of nitrogens with zero attached hydrogens (tertiary/aromatic N) is 4. The van der Waals surface area contributed by atoms with Gasteiger partial charge < -0.3 is 15.0 Å². The number of fused-ring (bicyclic) bond motifs is 3. The summed E-state index contributed by atoms with van der Waals surface area (Å²) in [4.78, 5) is 20.1. The van der Waals surface area contributed by atoms with E-state index in [1.54, 1.807) is 16.9 Å². The van der Waals surface area contributed by atoms with E-state index in [4.69, 9.17) is 4.74 Å². The summed E-state index contributed by atoms with van der Waals surface area (Å²) in [6, 6.07) is 18.4. The Morgan fingerprint density at radius 3 is 2.65 bits per heavy atom. The number of para-hydroxylation sites is 1. The summed E-state index contributed by atoms with van der Waals surface area (Å²) < 4.78 is 8.46. The second kappa shape index (κ2) is 8.43. The van der Waals surface area contributed by atoms with Gasteiger partial charge in [-0.15, -0.1) is 0 Å². The maximum atomic E-state index is 13.7. The van der Waals surface area contributed by atoms with E-state index in [-0.39, 0.29) is 11.3 Å². The summed E-state index contributed by atoms with van der Waals surface area (Å²) in [7, 11) is 0. The number of likely N-dealkylation sites (tertiary alicyclic amines) is 1. The first-order chi connectivity index (χ1) is 16.6. The van der Waals surface area contributed by atoms with Gasteiger partial charge in [-0.25, -0.2) is 4.98 Å². The number of rotatable bonds is 4. The van der Waals surface area contributed by atoms with Gasteiger partial charge in [-0.2, -0.15) is 9.61 Å². The first-order valence-electron chi connectivity index (χ1n) is 11.5. The van der Waals surface area contributed by atoms with Crippen LogP contribution in [0.25, 0.3) is 5.65 Å². The summed E-state index contributed by atoms with van der Waals surface area (Å²) in [5, 5.41) is 7.90. The molecule has 34 heavy (non-hydrogen) atoms. The predicted octanol–water partition coefficient (Wildman–Crippen LogP) is 4.67. The monoisotopic (exact) mass is 517 g/mol. The molecule has 2 aliphatic rings. The van der Waals surface area contributed by atoms with Crippen LogP contribution in [0.5, 0.6) is 5.75 Å². The van der Waals surface area contributed by atoms with Crippen LogP contribution in [0.3, 0.4) is 0 Å². The highest BCUT2D eigenvalue weighted by atomic mass is 79.9. The number of anilines is 1. The summed E-state index contributed by atoms with van der Waals surface area (Å²) in [5.74, 6) is 1.60. The zero-order valence-corrected chi connectivity index (χ0v) is 20.2. The molecule has 2 aromatic carbocycles. The third kappa shape index (κ3) is 3.53. The molecule has 1 fully saturated rings. The Morgan fingerprint density at radius 1 is 1.06 bits per heavy atom. The second-order valence-electron chi connectivity index (χ2n) is 8.94. The molecule has 0 radical (unpaired) electrons. The number of amides is 1. The Kier molecular flexibility index (Phi) is 5.25. The molecule has 8 heteroatoms. The molecule has 0 bridgehead atoms. The van der Waals surface area contributed by atoms with Crippen LogP contribution in [0, 0.1) is 0 Å². The number of aromatic nitrogens is 3. The van der Waals surface area contributed by atoms with Gasteiger partial charge >= 0.3 is 0 Å². The molecule has 0 unspecified atom stereocenters. The van der Waals surface area contributed by atoms with E-state index in [1.807, 2.05) is 35.2 Å². The molecule has 1 amide bonds. The van der Waals surface area contributed by atoms with Crippen molar-refractivity contribution in [3.05, 3.63) is 88.2 Å². The maximum Gasteiger partial charge on any atom is 0.259 e. The lowest BCUT2D eigenvalue weighted by atomic mass is 9.74. The fourth-order valence-electron chi connectivity index (χ4n) is 5.06. The first kappa shape index (κ1) is 21.2. The normalized spacial score (nSPS) is 16.4. The summed E-state index contributed by atoms with van der Waals surface area (Å²) in [6.45, 7) is 2.62. The third-order valence-corrected chi connectivity index (χ3v) is 7.55. The van der Waals surface area contributed by atoms with Gasteiger partial charge in [-0.05, 0) is 40.4 Å². The minimum atomic E-state index is -0.0290. The van der Waals surface area contributed by atoms with Crippen LogP contribution in [0.1, 0.15) is 34.3 Å². The first-order valence-corrected chi connectivity index (χ1v) is 12.3. The molecule has 0 atom stereocenters. The highest BCUT2D eigenvalue weighted by molar-refractivity contribution is 9.10. The number of hydrogen-bond acceptors (Lipinski definition) is 5. The largest absolute Gasteiger partial charge is 0.492 e. The Labute approximate surface area is 205 Å². The predicted molar refractivity (Wildman–Crippen MR) is 133 cm³/mol. The molecule has 0 aliphatic carbocycles. The minimum Gasteiger partial charge on any atom is -0.492 e. The standard InChI is InChI=1S/C26H24BrN5O2/c27-21-16-30-32-23(28-14-18-6-2-1-3-7-18)19(15-29-24(21)32)25(33)31-12-10-26(11-13-31)17-34-22-9-5-4-8-20(22)26/h1-9,15-16,28H,10-14,17H2. The van der Waals surface area contributed by atoms with E-state index in [1.165, 1.54) is 5.56 Å². The summed E-state index contributed by atoms with van der Waals surface area (Å²) in [5.41, 5.74) is 3.59. The summed E-state index contributed by atoms with van der Waals surface area (Å²) >= 11 is 3.50. The molecular formula is C26H24BrN5O2. The van der Waals surface area contributed by atoms with E-state index >= 15 is 0 Å². The molecule has 7 nitrogen and oxygen atoms in total. The van der Waals surface area contributed by atoms with Crippen molar-refractivity contribution in [3.8, 4) is 5.75 Å². The fraction of sp³-hybridized carbons (Fsp3) is 0.269. The number of hydrogen-bond donors (Lipinski definition) is 1. The maximum absolute atomic E-state index is 13.7. The third-order valence-electron chi connectivity index (χ3n) is 6.99. The Morgan fingerprint density at radius 2 is 1.82 bits per heavy atom. The Bertz CT molecular complexity index is 1360. The molecule has 1 saturated heterocycles. The van der Waals surface area contributed by atoms with Crippen molar-refractivity contribution in [2.24, 2.45) is 0 Å². The Hall–Kier alpha value is -3.39. The lowest BCUT2D eigenvalue weighted by Gasteiger charge is -2.38. The van der Waals surface area contributed by atoms with E-state index in [9.17, 15) is 4.79 Å². The lowest BCUT2D eigenvalue weighted by molar-refractivity contribution is 0.0646. The second-order valence-corrected chi connectivity index (χ2v) is 9.80. The van der Waals surface area contributed by atoms with Crippen molar-refractivity contribution >= 4 is 33.3 Å². The number of piperidine rings is 1. The van der Waals surface area contributed by atoms with Crippen molar-refractivity contribution in [1.29, 1.82) is 0 Å². The van der Waals surface area contributed by atoms with Crippen LogP contribution in [-0.4, -0.2) is 45.1 Å². The smallest absolute Gasteiger partial charge is 0.259 e. The van der Waals surface area contributed by atoms with Crippen molar-refractivity contribution in [2.45, 2.75) is 24.8 Å². The molecule has 1 N–H and O–H groups in total. The van der Waals surface area contributed by atoms with Crippen molar-refractivity contribution in [3.63, 3.8) is 0 Å². The van der Waals surface area contributed by atoms with Gasteiger partial charge in [0.15, 0.2) is 5.65 Å². The van der Waals surface area contributed by atoms with Gasteiger partial charge in [0.1, 0.15) is 17.1 Å². The fourth-order valence-corrected chi connectivity index (χ4v) is 5.42. The van der Waals surface area contributed by atoms with E-state index in [2.05, 4.69) is 55.6 Å². The van der Waals surface area contributed by atoms with Crippen LogP contribution in [0.4, 0.5) is 5.82 Å². The number of ether oxygens (including phenoxy) is 1. The number of halogens is 1. The molecule has 2 aliphatic heterocycles. The zero-order chi connectivity index (χ0) is 23.1. The van der Waals surface area contributed by atoms with E-state index in [0.29, 0.717) is 43.3 Å². The summed E-state index contributed by atoms with van der Waals surface area (Å²) in [6.07, 6.45) is 5.12. The van der Waals surface area contributed by atoms with Gasteiger partial charge in [0, 0.05) is 36.8 Å². The van der Waals surface area contributed by atoms with Crippen LogP contribution >= 0.6 is 15.9 Å². The van der Waals surface area contributed by atoms with Crippen LogP contribution in [0.15, 0.2) is 71.5 Å². The molecule has 172 valence electrons. The van der Waals surface area contributed by atoms with Gasteiger partial charge in [-0.3, -0.25) is 4.79 Å².